The van der Waals surface area contributed by atoms with Gasteiger partial charge in [0, 0.05) is 12.7 Å². The van der Waals surface area contributed by atoms with E-state index in [1.54, 1.807) is 44.4 Å². The molecule has 2 rings (SSSR count). The second-order valence-electron chi connectivity index (χ2n) is 5.28. The van der Waals surface area contributed by atoms with Crippen LogP contribution < -0.4 is 10.1 Å². The Morgan fingerprint density at radius 2 is 1.92 bits per heavy atom. The lowest BCUT2D eigenvalue weighted by atomic mass is 10.1. The van der Waals surface area contributed by atoms with Crippen molar-refractivity contribution < 1.29 is 23.0 Å². The van der Waals surface area contributed by atoms with Crippen molar-refractivity contribution in [3.05, 3.63) is 65.2 Å². The topological polar surface area (TPSA) is 47.6 Å². The van der Waals surface area contributed by atoms with Crippen LogP contribution in [0, 0.1) is 0 Å². The maximum Gasteiger partial charge on any atom is 0.387 e. The van der Waals surface area contributed by atoms with Crippen LogP contribution in [-0.4, -0.2) is 19.6 Å². The molecule has 0 heterocycles. The Labute approximate surface area is 139 Å². The molecule has 0 aromatic heterocycles. The standard InChI is InChI=1S/C18H19F2NO3/c1-12(14-6-4-8-16(10-14)24-18(19)20)21-17(22)15-7-3-5-13(9-15)11-23-2/h3-10,12,18H,11H2,1-2H3,(H,21,22). The highest BCUT2D eigenvalue weighted by Gasteiger charge is 2.13. The predicted octanol–water partition coefficient (Wildman–Crippen LogP) is 3.93. The van der Waals surface area contributed by atoms with Crippen molar-refractivity contribution in [2.75, 3.05) is 7.11 Å². The van der Waals surface area contributed by atoms with E-state index in [2.05, 4.69) is 10.1 Å². The molecule has 0 spiro atoms. The fourth-order valence-electron chi connectivity index (χ4n) is 2.29. The van der Waals surface area contributed by atoms with Gasteiger partial charge in [-0.1, -0.05) is 24.3 Å². The van der Waals surface area contributed by atoms with E-state index in [-0.39, 0.29) is 17.7 Å². The SMILES string of the molecule is COCc1cccc(C(=O)NC(C)c2cccc(OC(F)F)c2)c1. The average molecular weight is 335 g/mol. The lowest BCUT2D eigenvalue weighted by Crippen LogP contribution is -2.26. The van der Waals surface area contributed by atoms with Crippen LogP contribution in [0.15, 0.2) is 48.5 Å². The van der Waals surface area contributed by atoms with E-state index in [9.17, 15) is 13.6 Å². The molecule has 2 aromatic rings. The third kappa shape index (κ3) is 5.03. The summed E-state index contributed by atoms with van der Waals surface area (Å²) < 4.78 is 34.0. The smallest absolute Gasteiger partial charge is 0.387 e. The maximum absolute atomic E-state index is 12.3. The van der Waals surface area contributed by atoms with Crippen LogP contribution in [0.4, 0.5) is 8.78 Å². The van der Waals surface area contributed by atoms with E-state index >= 15 is 0 Å². The fraction of sp³-hybridized carbons (Fsp3) is 0.278. The van der Waals surface area contributed by atoms with Gasteiger partial charge >= 0.3 is 6.61 Å². The van der Waals surface area contributed by atoms with Gasteiger partial charge in [-0.05, 0) is 42.3 Å². The number of benzene rings is 2. The molecule has 6 heteroatoms. The third-order valence-electron chi connectivity index (χ3n) is 3.43. The predicted molar refractivity (Wildman–Crippen MR) is 86.1 cm³/mol. The highest BCUT2D eigenvalue weighted by Crippen LogP contribution is 2.21. The summed E-state index contributed by atoms with van der Waals surface area (Å²) in [6.45, 7) is -0.684. The van der Waals surface area contributed by atoms with Crippen molar-refractivity contribution in [3.63, 3.8) is 0 Å². The average Bonchev–Trinajstić information content (AvgIpc) is 2.55. The molecule has 0 radical (unpaired) electrons. The number of hydrogen-bond donors (Lipinski definition) is 1. The number of methoxy groups -OCH3 is 1. The van der Waals surface area contributed by atoms with E-state index in [1.807, 2.05) is 6.07 Å². The molecule has 0 fully saturated rings. The van der Waals surface area contributed by atoms with Crippen LogP contribution in [0.2, 0.25) is 0 Å². The second-order valence-corrected chi connectivity index (χ2v) is 5.28. The molecule has 0 bridgehead atoms. The van der Waals surface area contributed by atoms with Crippen LogP contribution in [-0.2, 0) is 11.3 Å². The number of carbonyl (C=O) groups is 1. The quantitative estimate of drug-likeness (QED) is 0.834. The van der Waals surface area contributed by atoms with Gasteiger partial charge in [-0.2, -0.15) is 8.78 Å². The minimum Gasteiger partial charge on any atom is -0.435 e. The fourth-order valence-corrected chi connectivity index (χ4v) is 2.29. The Bertz CT molecular complexity index is 691. The van der Waals surface area contributed by atoms with Gasteiger partial charge in [0.05, 0.1) is 12.6 Å². The summed E-state index contributed by atoms with van der Waals surface area (Å²) >= 11 is 0. The number of halogens is 2. The molecule has 1 atom stereocenters. The normalized spacial score (nSPS) is 12.0. The van der Waals surface area contributed by atoms with Gasteiger partial charge in [-0.3, -0.25) is 4.79 Å². The first kappa shape index (κ1) is 17.9. The van der Waals surface area contributed by atoms with Crippen molar-refractivity contribution >= 4 is 5.91 Å². The molecule has 0 saturated carbocycles. The Hall–Kier alpha value is -2.47. The molecule has 0 aliphatic rings. The molecule has 0 saturated heterocycles. The van der Waals surface area contributed by atoms with Crippen molar-refractivity contribution in [3.8, 4) is 5.75 Å². The molecule has 0 aliphatic carbocycles. The van der Waals surface area contributed by atoms with Crippen LogP contribution in [0.25, 0.3) is 0 Å². The molecule has 2 aromatic carbocycles. The van der Waals surface area contributed by atoms with E-state index in [4.69, 9.17) is 4.74 Å². The first-order valence-electron chi connectivity index (χ1n) is 7.43. The minimum absolute atomic E-state index is 0.0608. The maximum atomic E-state index is 12.3. The van der Waals surface area contributed by atoms with E-state index in [1.165, 1.54) is 12.1 Å². The minimum atomic E-state index is -2.88. The van der Waals surface area contributed by atoms with Crippen LogP contribution in [0.5, 0.6) is 5.75 Å². The number of alkyl halides is 2. The van der Waals surface area contributed by atoms with Gasteiger partial charge in [0.25, 0.3) is 5.91 Å². The molecule has 1 amide bonds. The second kappa shape index (κ2) is 8.40. The molecule has 1 N–H and O–H groups in total. The van der Waals surface area contributed by atoms with Gasteiger partial charge in [0.1, 0.15) is 5.75 Å². The summed E-state index contributed by atoms with van der Waals surface area (Å²) in [5.41, 5.74) is 2.08. The number of ether oxygens (including phenoxy) is 2. The summed E-state index contributed by atoms with van der Waals surface area (Å²) in [6.07, 6.45) is 0. The number of rotatable bonds is 7. The molecular weight excluding hydrogens is 316 g/mol. The summed E-state index contributed by atoms with van der Waals surface area (Å²) in [5, 5.41) is 2.84. The Balaban J connectivity index is 2.07. The molecule has 1 unspecified atom stereocenters. The molecule has 4 nitrogen and oxygen atoms in total. The van der Waals surface area contributed by atoms with Crippen molar-refractivity contribution in [1.82, 2.24) is 5.32 Å². The van der Waals surface area contributed by atoms with Gasteiger partial charge in [-0.25, -0.2) is 0 Å². The van der Waals surface area contributed by atoms with Crippen molar-refractivity contribution in [2.24, 2.45) is 0 Å². The highest BCUT2D eigenvalue weighted by molar-refractivity contribution is 5.94. The summed E-state index contributed by atoms with van der Waals surface area (Å²) in [4.78, 5) is 12.3. The summed E-state index contributed by atoms with van der Waals surface area (Å²) in [6, 6.07) is 13.0. The number of carbonyl (C=O) groups excluding carboxylic acids is 1. The summed E-state index contributed by atoms with van der Waals surface area (Å²) in [5.74, 6) is -0.189. The van der Waals surface area contributed by atoms with Crippen molar-refractivity contribution in [1.29, 1.82) is 0 Å². The Morgan fingerprint density at radius 3 is 2.62 bits per heavy atom. The monoisotopic (exact) mass is 335 g/mol. The molecular formula is C18H19F2NO3. The number of amides is 1. The third-order valence-corrected chi connectivity index (χ3v) is 3.43. The summed E-state index contributed by atoms with van der Waals surface area (Å²) in [7, 11) is 1.59. The molecule has 0 aliphatic heterocycles. The van der Waals surface area contributed by atoms with E-state index < -0.39 is 6.61 Å². The van der Waals surface area contributed by atoms with Crippen molar-refractivity contribution in [2.45, 2.75) is 26.2 Å². The Kier molecular flexibility index (Phi) is 6.26. The first-order valence-corrected chi connectivity index (χ1v) is 7.43. The van der Waals surface area contributed by atoms with Crippen LogP contribution in [0.3, 0.4) is 0 Å². The molecule has 128 valence electrons. The molecule has 24 heavy (non-hydrogen) atoms. The zero-order valence-corrected chi connectivity index (χ0v) is 13.5. The Morgan fingerprint density at radius 1 is 1.17 bits per heavy atom. The van der Waals surface area contributed by atoms with Crippen LogP contribution in [0.1, 0.15) is 34.5 Å². The van der Waals surface area contributed by atoms with Gasteiger partial charge in [-0.15, -0.1) is 0 Å². The van der Waals surface area contributed by atoms with Crippen LogP contribution >= 0.6 is 0 Å². The highest BCUT2D eigenvalue weighted by atomic mass is 19.3. The largest absolute Gasteiger partial charge is 0.435 e. The van der Waals surface area contributed by atoms with E-state index in [0.29, 0.717) is 17.7 Å². The lowest BCUT2D eigenvalue weighted by molar-refractivity contribution is -0.0499. The zero-order valence-electron chi connectivity index (χ0n) is 13.5. The van der Waals surface area contributed by atoms with Gasteiger partial charge < -0.3 is 14.8 Å². The number of nitrogens with one attached hydrogen (secondary N) is 1. The van der Waals surface area contributed by atoms with Gasteiger partial charge in [0.2, 0.25) is 0 Å². The number of hydrogen-bond acceptors (Lipinski definition) is 3. The lowest BCUT2D eigenvalue weighted by Gasteiger charge is -2.16. The zero-order chi connectivity index (χ0) is 17.5. The van der Waals surface area contributed by atoms with E-state index in [0.717, 1.165) is 5.56 Å². The first-order chi connectivity index (χ1) is 11.5. The van der Waals surface area contributed by atoms with Gasteiger partial charge in [0.15, 0.2) is 0 Å².